The fraction of sp³-hybridized carbons (Fsp3) is 0.429. The van der Waals surface area contributed by atoms with Crippen LogP contribution >= 0.6 is 0 Å². The molecule has 0 spiro atoms. The number of hydrogen-bond acceptors (Lipinski definition) is 5. The first kappa shape index (κ1) is 7.30. The van der Waals surface area contributed by atoms with Gasteiger partial charge in [-0.15, -0.1) is 10.2 Å². The van der Waals surface area contributed by atoms with Gasteiger partial charge >= 0.3 is 0 Å². The van der Waals surface area contributed by atoms with Gasteiger partial charge in [-0.1, -0.05) is 0 Å². The number of rotatable bonds is 1. The molecule has 1 atom stereocenters. The number of aromatic nitrogens is 2. The molecule has 0 bridgehead atoms. The number of fused-ring (bicyclic) bond motifs is 1. The molecule has 1 unspecified atom stereocenters. The van der Waals surface area contributed by atoms with Crippen molar-refractivity contribution in [3.63, 3.8) is 0 Å². The zero-order chi connectivity index (χ0) is 8.39. The highest BCUT2D eigenvalue weighted by atomic mass is 16.6. The Kier molecular flexibility index (Phi) is 1.79. The second-order valence-corrected chi connectivity index (χ2v) is 2.38. The minimum Gasteiger partial charge on any atom is -0.484 e. The molecular weight excluding hydrogens is 160 g/mol. The maximum atomic E-state index is 8.76. The number of ether oxygens (including phenoxy) is 2. The average molecular weight is 167 g/mol. The average Bonchev–Trinajstić information content (AvgIpc) is 2.17. The van der Waals surface area contributed by atoms with Crippen LogP contribution in [0.5, 0.6) is 11.6 Å². The predicted octanol–water partition coefficient (Wildman–Crippen LogP) is -0.591. The highest BCUT2D eigenvalue weighted by molar-refractivity contribution is 5.31. The van der Waals surface area contributed by atoms with Crippen molar-refractivity contribution in [1.82, 2.24) is 10.2 Å². The number of hydrogen-bond donors (Lipinski definition) is 1. The van der Waals surface area contributed by atoms with Gasteiger partial charge in [0.1, 0.15) is 12.8 Å². The van der Waals surface area contributed by atoms with E-state index >= 15 is 0 Å². The molecule has 2 rings (SSSR count). The molecule has 0 saturated carbocycles. The summed E-state index contributed by atoms with van der Waals surface area (Å²) in [5, 5.41) is 15.9. The molecule has 0 fully saturated rings. The van der Waals surface area contributed by atoms with Crippen molar-refractivity contribution >= 4 is 0 Å². The Hall–Kier alpha value is -1.36. The van der Waals surface area contributed by atoms with Crippen LogP contribution in [0.25, 0.3) is 0 Å². The van der Waals surface area contributed by atoms with Crippen LogP contribution < -0.4 is 9.47 Å². The molecule has 63 valence electrons. The fourth-order valence-corrected chi connectivity index (χ4v) is 0.922. The quantitative estimate of drug-likeness (QED) is 0.605. The third-order valence-electron chi connectivity index (χ3n) is 1.51. The van der Waals surface area contributed by atoms with Crippen molar-refractivity contribution in [3.8, 4) is 11.6 Å². The minimum absolute atomic E-state index is 0.0836. The van der Waals surface area contributed by atoms with Gasteiger partial charge in [0.25, 0.3) is 5.88 Å². The Morgan fingerprint density at radius 3 is 3.50 bits per heavy atom. The fourth-order valence-electron chi connectivity index (χ4n) is 0.922. The zero-order valence-corrected chi connectivity index (χ0v) is 6.23. The van der Waals surface area contributed by atoms with E-state index in [-0.39, 0.29) is 12.7 Å². The van der Waals surface area contributed by atoms with E-state index in [0.717, 1.165) is 0 Å². The highest BCUT2D eigenvalue weighted by Crippen LogP contribution is 2.26. The van der Waals surface area contributed by atoms with Gasteiger partial charge in [0.05, 0.1) is 6.61 Å². The van der Waals surface area contributed by atoms with E-state index in [1.807, 2.05) is 0 Å². The van der Waals surface area contributed by atoms with E-state index < -0.39 is 0 Å². The van der Waals surface area contributed by atoms with E-state index in [1.54, 1.807) is 6.07 Å². The number of nitrogens with zero attached hydrogens (tertiary/aromatic N) is 2. The smallest absolute Gasteiger partial charge is 0.276 e. The molecule has 12 heavy (non-hydrogen) atoms. The van der Waals surface area contributed by atoms with Crippen molar-refractivity contribution in [1.29, 1.82) is 0 Å². The van der Waals surface area contributed by atoms with Gasteiger partial charge in [-0.3, -0.25) is 0 Å². The molecule has 0 saturated heterocycles. The van der Waals surface area contributed by atoms with Crippen molar-refractivity contribution < 1.29 is 14.6 Å². The second-order valence-electron chi connectivity index (χ2n) is 2.38. The molecule has 2 heterocycles. The number of aliphatic hydroxyl groups excluding tert-OH is 1. The SMILES string of the molecule is OCC1COc2c[c]nnc2O1. The van der Waals surface area contributed by atoms with Crippen LogP contribution in [-0.4, -0.2) is 34.6 Å². The first-order chi connectivity index (χ1) is 5.90. The maximum Gasteiger partial charge on any atom is 0.276 e. The summed E-state index contributed by atoms with van der Waals surface area (Å²) in [6, 6.07) is 1.55. The molecule has 1 aliphatic rings. The predicted molar refractivity (Wildman–Crippen MR) is 37.9 cm³/mol. The molecule has 1 aliphatic heterocycles. The Labute approximate surface area is 68.9 Å². The summed E-state index contributed by atoms with van der Waals surface area (Å²) in [7, 11) is 0. The van der Waals surface area contributed by atoms with E-state index in [0.29, 0.717) is 18.2 Å². The van der Waals surface area contributed by atoms with Crippen molar-refractivity contribution in [3.05, 3.63) is 12.3 Å². The van der Waals surface area contributed by atoms with Crippen LogP contribution in [0.15, 0.2) is 6.07 Å². The second kappa shape index (κ2) is 2.94. The van der Waals surface area contributed by atoms with Crippen LogP contribution in [0, 0.1) is 6.20 Å². The van der Waals surface area contributed by atoms with Crippen molar-refractivity contribution in [2.24, 2.45) is 0 Å². The molecule has 1 radical (unpaired) electrons. The summed E-state index contributed by atoms with van der Waals surface area (Å²) in [4.78, 5) is 0. The van der Waals surface area contributed by atoms with Crippen LogP contribution in [0.2, 0.25) is 0 Å². The lowest BCUT2D eigenvalue weighted by Gasteiger charge is -2.22. The Balaban J connectivity index is 2.23. The molecule has 1 aromatic rings. The Bertz CT molecular complexity index is 279. The van der Waals surface area contributed by atoms with E-state index in [1.165, 1.54) is 0 Å². The molecule has 1 N–H and O–H groups in total. The van der Waals surface area contributed by atoms with Gasteiger partial charge in [-0.25, -0.2) is 0 Å². The highest BCUT2D eigenvalue weighted by Gasteiger charge is 2.21. The summed E-state index contributed by atoms with van der Waals surface area (Å²) < 4.78 is 10.4. The van der Waals surface area contributed by atoms with E-state index in [9.17, 15) is 0 Å². The van der Waals surface area contributed by atoms with Gasteiger partial charge < -0.3 is 14.6 Å². The van der Waals surface area contributed by atoms with Crippen molar-refractivity contribution in [2.75, 3.05) is 13.2 Å². The summed E-state index contributed by atoms with van der Waals surface area (Å²) in [6.45, 7) is 0.253. The van der Waals surface area contributed by atoms with Gasteiger partial charge in [-0.2, -0.15) is 0 Å². The molecule has 5 heteroatoms. The normalized spacial score (nSPS) is 20.6. The molecule has 0 aromatic carbocycles. The Morgan fingerprint density at radius 2 is 2.67 bits per heavy atom. The van der Waals surface area contributed by atoms with Crippen molar-refractivity contribution in [2.45, 2.75) is 6.10 Å². The molecule has 0 amide bonds. The van der Waals surface area contributed by atoms with Crippen LogP contribution in [0.3, 0.4) is 0 Å². The molecule has 1 aromatic heterocycles. The van der Waals surface area contributed by atoms with Crippen LogP contribution in [-0.2, 0) is 0 Å². The number of aliphatic hydroxyl groups is 1. The minimum atomic E-state index is -0.339. The summed E-state index contributed by atoms with van der Waals surface area (Å²) in [5.41, 5.74) is 0. The molecule has 5 nitrogen and oxygen atoms in total. The third kappa shape index (κ3) is 1.18. The van der Waals surface area contributed by atoms with Gasteiger partial charge in [0.2, 0.25) is 0 Å². The maximum absolute atomic E-state index is 8.76. The summed E-state index contributed by atoms with van der Waals surface area (Å²) in [6.07, 6.45) is 2.19. The zero-order valence-electron chi connectivity index (χ0n) is 6.23. The Morgan fingerprint density at radius 1 is 1.75 bits per heavy atom. The lowest BCUT2D eigenvalue weighted by atomic mass is 10.3. The van der Waals surface area contributed by atoms with Gasteiger partial charge in [0, 0.05) is 6.07 Å². The third-order valence-corrected chi connectivity index (χ3v) is 1.51. The van der Waals surface area contributed by atoms with Crippen LogP contribution in [0.4, 0.5) is 0 Å². The van der Waals surface area contributed by atoms with Gasteiger partial charge in [0.15, 0.2) is 11.9 Å². The molecular formula is C7H7N2O3. The standard InChI is InChI=1S/C7H7N2O3/c10-3-5-4-11-6-1-2-8-9-7(6)12-5/h1,5,10H,3-4H2. The summed E-state index contributed by atoms with van der Waals surface area (Å²) >= 11 is 0. The molecule has 0 aliphatic carbocycles. The van der Waals surface area contributed by atoms with E-state index in [2.05, 4.69) is 16.4 Å². The monoisotopic (exact) mass is 167 g/mol. The van der Waals surface area contributed by atoms with Crippen LogP contribution in [0.1, 0.15) is 0 Å². The lowest BCUT2D eigenvalue weighted by molar-refractivity contribution is 0.0399. The van der Waals surface area contributed by atoms with Gasteiger partial charge in [-0.05, 0) is 0 Å². The lowest BCUT2D eigenvalue weighted by Crippen LogP contribution is -2.32. The topological polar surface area (TPSA) is 64.5 Å². The summed E-state index contributed by atoms with van der Waals surface area (Å²) in [5.74, 6) is 0.841. The largest absolute Gasteiger partial charge is 0.484 e. The van der Waals surface area contributed by atoms with E-state index in [4.69, 9.17) is 14.6 Å². The first-order valence-electron chi connectivity index (χ1n) is 3.54. The first-order valence-corrected chi connectivity index (χ1v) is 3.54.